The maximum Gasteiger partial charge on any atom is 0.407 e. The van der Waals surface area contributed by atoms with Crippen LogP contribution in [0.15, 0.2) is 0 Å². The molecule has 0 fully saturated rings. The lowest BCUT2D eigenvalue weighted by Gasteiger charge is -2.21. The van der Waals surface area contributed by atoms with Gasteiger partial charge in [0.15, 0.2) is 0 Å². The third-order valence-corrected chi connectivity index (χ3v) is 1.29. The van der Waals surface area contributed by atoms with Gasteiger partial charge in [-0.1, -0.05) is 0 Å². The van der Waals surface area contributed by atoms with E-state index in [-0.39, 0.29) is 11.9 Å². The smallest absolute Gasteiger partial charge is 0.407 e. The molecule has 0 spiro atoms. The molecule has 5 heteroatoms. The van der Waals surface area contributed by atoms with Crippen LogP contribution in [0.4, 0.5) is 4.79 Å². The van der Waals surface area contributed by atoms with E-state index in [4.69, 9.17) is 15.9 Å². The van der Waals surface area contributed by atoms with Crippen LogP contribution in [0.3, 0.4) is 0 Å². The van der Waals surface area contributed by atoms with Crippen LogP contribution in [0.1, 0.15) is 34.1 Å². The summed E-state index contributed by atoms with van der Waals surface area (Å²) in [6.45, 7) is 7.15. The molecule has 4 N–H and O–H groups in total. The van der Waals surface area contributed by atoms with Crippen LogP contribution in [0.5, 0.6) is 0 Å². The van der Waals surface area contributed by atoms with Crippen LogP contribution < -0.4 is 11.1 Å². The van der Waals surface area contributed by atoms with E-state index in [1.54, 1.807) is 27.7 Å². The minimum Gasteiger partial charge on any atom is -0.444 e. The van der Waals surface area contributed by atoms with Crippen molar-refractivity contribution >= 4 is 11.9 Å². The molecule has 0 aliphatic heterocycles. The molecule has 82 valence electrons. The van der Waals surface area contributed by atoms with Crippen molar-refractivity contribution in [3.05, 3.63) is 0 Å². The molecule has 0 heterocycles. The molecule has 0 aliphatic rings. The predicted octanol–water partition coefficient (Wildman–Crippen LogP) is 1.23. The fourth-order valence-electron chi connectivity index (χ4n) is 0.890. The van der Waals surface area contributed by atoms with Gasteiger partial charge in [0, 0.05) is 12.5 Å². The lowest BCUT2D eigenvalue weighted by molar-refractivity contribution is 0.0510. The molecule has 0 bridgehead atoms. The summed E-state index contributed by atoms with van der Waals surface area (Å²) in [4.78, 5) is 11.2. The van der Waals surface area contributed by atoms with Gasteiger partial charge in [-0.2, -0.15) is 0 Å². The molecule has 0 aromatic rings. The average Bonchev–Trinajstić information content (AvgIpc) is 1.77. The van der Waals surface area contributed by atoms with Crippen LogP contribution in [0.2, 0.25) is 0 Å². The van der Waals surface area contributed by atoms with Crippen molar-refractivity contribution in [3.63, 3.8) is 0 Å². The van der Waals surface area contributed by atoms with Gasteiger partial charge in [0.2, 0.25) is 0 Å². The van der Waals surface area contributed by atoms with E-state index >= 15 is 0 Å². The zero-order valence-electron chi connectivity index (χ0n) is 9.18. The summed E-state index contributed by atoms with van der Waals surface area (Å²) >= 11 is 0. The van der Waals surface area contributed by atoms with Gasteiger partial charge in [0.25, 0.3) is 0 Å². The number of alkyl carbamates (subject to hydrolysis) is 1. The summed E-state index contributed by atoms with van der Waals surface area (Å²) in [6.07, 6.45) is -0.148. The second kappa shape index (κ2) is 4.83. The van der Waals surface area contributed by atoms with Crippen molar-refractivity contribution in [2.24, 2.45) is 5.73 Å². The minimum atomic E-state index is -0.500. The Morgan fingerprint density at radius 1 is 1.57 bits per heavy atom. The normalized spacial score (nSPS) is 13.1. The number of amides is 1. The van der Waals surface area contributed by atoms with Gasteiger partial charge in [-0.15, -0.1) is 0 Å². The summed E-state index contributed by atoms with van der Waals surface area (Å²) in [5, 5.41) is 9.62. The number of carbonyl (C=O) groups is 1. The Bertz CT molecular complexity index is 221. The van der Waals surface area contributed by atoms with Crippen LogP contribution in [0.25, 0.3) is 0 Å². The number of nitrogens with two attached hydrogens (primary N) is 1. The molecule has 14 heavy (non-hydrogen) atoms. The highest BCUT2D eigenvalue weighted by atomic mass is 16.6. The zero-order valence-corrected chi connectivity index (χ0v) is 9.18. The number of hydrogen-bond acceptors (Lipinski definition) is 3. The summed E-state index contributed by atoms with van der Waals surface area (Å²) < 4.78 is 5.03. The van der Waals surface area contributed by atoms with Crippen LogP contribution in [0, 0.1) is 5.41 Å². The Morgan fingerprint density at radius 3 is 2.43 bits per heavy atom. The van der Waals surface area contributed by atoms with Gasteiger partial charge in [0.1, 0.15) is 5.60 Å². The van der Waals surface area contributed by atoms with E-state index in [1.807, 2.05) is 0 Å². The Kier molecular flexibility index (Phi) is 4.40. The molecule has 1 atom stereocenters. The summed E-state index contributed by atoms with van der Waals surface area (Å²) in [7, 11) is 0. The fraction of sp³-hybridized carbons (Fsp3) is 0.778. The average molecular weight is 201 g/mol. The zero-order chi connectivity index (χ0) is 11.4. The fourth-order valence-corrected chi connectivity index (χ4v) is 0.890. The van der Waals surface area contributed by atoms with E-state index in [0.717, 1.165) is 0 Å². The minimum absolute atomic E-state index is 0.0496. The molecule has 0 aromatic carbocycles. The third-order valence-electron chi connectivity index (χ3n) is 1.29. The van der Waals surface area contributed by atoms with Crippen molar-refractivity contribution in [2.45, 2.75) is 45.8 Å². The highest BCUT2D eigenvalue weighted by Crippen LogP contribution is 2.06. The second-order valence-electron chi connectivity index (χ2n) is 4.28. The van der Waals surface area contributed by atoms with E-state index in [0.29, 0.717) is 6.42 Å². The van der Waals surface area contributed by atoms with Crippen molar-refractivity contribution in [1.82, 2.24) is 5.32 Å². The van der Waals surface area contributed by atoms with Gasteiger partial charge in [0.05, 0.1) is 5.84 Å². The molecular formula is C9H19N3O2. The van der Waals surface area contributed by atoms with Crippen molar-refractivity contribution < 1.29 is 9.53 Å². The molecule has 0 unspecified atom stereocenters. The maximum atomic E-state index is 11.2. The topological polar surface area (TPSA) is 88.2 Å². The Balaban J connectivity index is 3.89. The quantitative estimate of drug-likeness (QED) is 0.474. The lowest BCUT2D eigenvalue weighted by Crippen LogP contribution is -2.39. The standard InChI is InChI=1S/C9H19N3O2/c1-6(5-7(10)11)12-8(13)14-9(2,3)4/h6H,5H2,1-4H3,(H3,10,11)(H,12,13)/t6-/m0/s1. The number of amidine groups is 1. The maximum absolute atomic E-state index is 11.2. The summed E-state index contributed by atoms with van der Waals surface area (Å²) in [5.41, 5.74) is 4.69. The van der Waals surface area contributed by atoms with Crippen LogP contribution in [-0.2, 0) is 4.74 Å². The predicted molar refractivity (Wildman–Crippen MR) is 55.4 cm³/mol. The SMILES string of the molecule is C[C@@H](CC(=N)N)NC(=O)OC(C)(C)C. The van der Waals surface area contributed by atoms with Crippen molar-refractivity contribution in [1.29, 1.82) is 5.41 Å². The van der Waals surface area contributed by atoms with Gasteiger partial charge >= 0.3 is 6.09 Å². The summed E-state index contributed by atoms with van der Waals surface area (Å²) in [5.74, 6) is 0.0496. The first-order valence-electron chi connectivity index (χ1n) is 4.53. The Hall–Kier alpha value is -1.26. The van der Waals surface area contributed by atoms with Gasteiger partial charge in [-0.25, -0.2) is 4.79 Å². The third kappa shape index (κ3) is 7.39. The molecule has 0 saturated carbocycles. The number of rotatable bonds is 3. The molecular weight excluding hydrogens is 182 g/mol. The molecule has 0 aliphatic carbocycles. The van der Waals surface area contributed by atoms with E-state index in [1.165, 1.54) is 0 Å². The number of carbonyl (C=O) groups excluding carboxylic acids is 1. The van der Waals surface area contributed by atoms with E-state index < -0.39 is 11.7 Å². The highest BCUT2D eigenvalue weighted by Gasteiger charge is 2.17. The number of ether oxygens (including phenoxy) is 1. The molecule has 0 saturated heterocycles. The first-order chi connectivity index (χ1) is 6.20. The Labute approximate surface area is 84.5 Å². The monoisotopic (exact) mass is 201 g/mol. The highest BCUT2D eigenvalue weighted by molar-refractivity contribution is 5.78. The molecule has 0 radical (unpaired) electrons. The second-order valence-corrected chi connectivity index (χ2v) is 4.28. The van der Waals surface area contributed by atoms with Gasteiger partial charge < -0.3 is 15.8 Å². The lowest BCUT2D eigenvalue weighted by atomic mass is 10.2. The number of hydrogen-bond donors (Lipinski definition) is 3. The van der Waals surface area contributed by atoms with E-state index in [2.05, 4.69) is 5.32 Å². The molecule has 5 nitrogen and oxygen atoms in total. The summed E-state index contributed by atoms with van der Waals surface area (Å²) in [6, 6.07) is -0.178. The first kappa shape index (κ1) is 12.7. The van der Waals surface area contributed by atoms with Crippen LogP contribution in [-0.4, -0.2) is 23.6 Å². The van der Waals surface area contributed by atoms with Crippen molar-refractivity contribution in [3.8, 4) is 0 Å². The Morgan fingerprint density at radius 2 is 2.07 bits per heavy atom. The number of nitrogens with one attached hydrogen (secondary N) is 2. The largest absolute Gasteiger partial charge is 0.444 e. The van der Waals surface area contributed by atoms with Crippen molar-refractivity contribution in [2.75, 3.05) is 0 Å². The molecule has 1 amide bonds. The van der Waals surface area contributed by atoms with E-state index in [9.17, 15) is 4.79 Å². The molecule has 0 rings (SSSR count). The van der Waals surface area contributed by atoms with Gasteiger partial charge in [-0.05, 0) is 27.7 Å². The van der Waals surface area contributed by atoms with Gasteiger partial charge in [-0.3, -0.25) is 5.41 Å². The van der Waals surface area contributed by atoms with Crippen LogP contribution >= 0.6 is 0 Å². The molecule has 0 aromatic heterocycles. The first-order valence-corrected chi connectivity index (χ1v) is 4.53.